The van der Waals surface area contributed by atoms with Crippen molar-refractivity contribution in [3.8, 4) is 0 Å². The van der Waals surface area contributed by atoms with E-state index in [2.05, 4.69) is 0 Å². The molecule has 1 aromatic rings. The van der Waals surface area contributed by atoms with Gasteiger partial charge in [-0.25, -0.2) is 4.39 Å². The lowest BCUT2D eigenvalue weighted by Crippen LogP contribution is -2.36. The lowest BCUT2D eigenvalue weighted by Gasteiger charge is -2.29. The summed E-state index contributed by atoms with van der Waals surface area (Å²) in [6, 6.07) is 4.41. The first kappa shape index (κ1) is 14.7. The Morgan fingerprint density at radius 2 is 2.37 bits per heavy atom. The van der Waals surface area contributed by atoms with Gasteiger partial charge in [-0.1, -0.05) is 11.6 Å². The number of halogens is 2. The van der Waals surface area contributed by atoms with Gasteiger partial charge in [-0.2, -0.15) is 0 Å². The van der Waals surface area contributed by atoms with E-state index in [9.17, 15) is 4.39 Å². The van der Waals surface area contributed by atoms with Crippen molar-refractivity contribution >= 4 is 11.6 Å². The molecule has 1 aromatic carbocycles. The van der Waals surface area contributed by atoms with E-state index in [-0.39, 0.29) is 18.0 Å². The Morgan fingerprint density at radius 1 is 1.58 bits per heavy atom. The molecule has 2 atom stereocenters. The summed E-state index contributed by atoms with van der Waals surface area (Å²) in [5.74, 6) is -0.265. The lowest BCUT2D eigenvalue weighted by atomic mass is 10.0. The van der Waals surface area contributed by atoms with Gasteiger partial charge in [0.1, 0.15) is 5.82 Å². The quantitative estimate of drug-likeness (QED) is 0.904. The van der Waals surface area contributed by atoms with Crippen LogP contribution in [-0.4, -0.2) is 37.7 Å². The molecule has 2 N–H and O–H groups in total. The monoisotopic (exact) mass is 286 g/mol. The van der Waals surface area contributed by atoms with E-state index in [4.69, 9.17) is 22.1 Å². The fraction of sp³-hybridized carbons (Fsp3) is 0.571. The summed E-state index contributed by atoms with van der Waals surface area (Å²) < 4.78 is 19.5. The maximum absolute atomic E-state index is 13.9. The highest BCUT2D eigenvalue weighted by Crippen LogP contribution is 2.26. The second kappa shape index (κ2) is 6.66. The van der Waals surface area contributed by atoms with E-state index < -0.39 is 0 Å². The van der Waals surface area contributed by atoms with Gasteiger partial charge in [-0.05, 0) is 38.1 Å². The largest absolute Gasteiger partial charge is 0.377 e. The average Bonchev–Trinajstić information content (AvgIpc) is 2.87. The first-order valence-electron chi connectivity index (χ1n) is 6.58. The van der Waals surface area contributed by atoms with E-state index >= 15 is 0 Å². The molecular formula is C14H20ClFN2O. The first-order valence-corrected chi connectivity index (χ1v) is 6.96. The van der Waals surface area contributed by atoms with Crippen LogP contribution in [0.4, 0.5) is 4.39 Å². The molecular weight excluding hydrogens is 267 g/mol. The summed E-state index contributed by atoms with van der Waals surface area (Å²) in [7, 11) is 1.94. The fourth-order valence-electron chi connectivity index (χ4n) is 2.55. The number of benzene rings is 1. The maximum Gasteiger partial charge on any atom is 0.128 e. The lowest BCUT2D eigenvalue weighted by molar-refractivity contribution is 0.0684. The average molecular weight is 287 g/mol. The molecule has 0 spiro atoms. The highest BCUT2D eigenvalue weighted by atomic mass is 35.5. The summed E-state index contributed by atoms with van der Waals surface area (Å²) in [4.78, 5) is 2.05. The zero-order valence-electron chi connectivity index (χ0n) is 11.1. The van der Waals surface area contributed by atoms with Crippen molar-refractivity contribution < 1.29 is 9.13 Å². The normalized spacial score (nSPS) is 21.0. The van der Waals surface area contributed by atoms with Crippen LogP contribution in [0.15, 0.2) is 18.2 Å². The molecule has 1 saturated heterocycles. The summed E-state index contributed by atoms with van der Waals surface area (Å²) in [6.45, 7) is 1.92. The smallest absolute Gasteiger partial charge is 0.128 e. The fourth-order valence-corrected chi connectivity index (χ4v) is 2.73. The maximum atomic E-state index is 13.9. The minimum atomic E-state index is -0.265. The predicted octanol–water partition coefficient (Wildman–Crippen LogP) is 2.59. The number of nitrogens with zero attached hydrogens (tertiary/aromatic N) is 1. The number of rotatable bonds is 5. The molecule has 19 heavy (non-hydrogen) atoms. The standard InChI is InChI=1S/C14H20ClFN2O/c1-18(9-11-3-2-6-19-11)14(8-17)12-7-10(15)4-5-13(12)16/h4-5,7,11,14H,2-3,6,8-9,17H2,1H3. The number of nitrogens with two attached hydrogens (primary N) is 1. The molecule has 2 rings (SSSR count). The topological polar surface area (TPSA) is 38.5 Å². The van der Waals surface area contributed by atoms with Gasteiger partial charge in [0.05, 0.1) is 6.10 Å². The molecule has 106 valence electrons. The minimum Gasteiger partial charge on any atom is -0.377 e. The Labute approximate surface area is 118 Å². The summed E-state index contributed by atoms with van der Waals surface area (Å²) >= 11 is 5.94. The van der Waals surface area contributed by atoms with Crippen LogP contribution in [0.25, 0.3) is 0 Å². The van der Waals surface area contributed by atoms with Crippen LogP contribution in [0.1, 0.15) is 24.4 Å². The van der Waals surface area contributed by atoms with E-state index in [1.807, 2.05) is 11.9 Å². The number of hydrogen-bond acceptors (Lipinski definition) is 3. The van der Waals surface area contributed by atoms with E-state index in [0.717, 1.165) is 26.0 Å². The van der Waals surface area contributed by atoms with Crippen LogP contribution in [0, 0.1) is 5.82 Å². The van der Waals surface area contributed by atoms with E-state index in [1.54, 1.807) is 12.1 Å². The number of likely N-dealkylation sites (N-methyl/N-ethyl adjacent to an activating group) is 1. The van der Waals surface area contributed by atoms with Gasteiger partial charge in [-0.3, -0.25) is 4.90 Å². The molecule has 1 fully saturated rings. The van der Waals surface area contributed by atoms with Crippen molar-refractivity contribution in [1.29, 1.82) is 0 Å². The Balaban J connectivity index is 2.11. The molecule has 0 radical (unpaired) electrons. The van der Waals surface area contributed by atoms with Crippen molar-refractivity contribution in [3.63, 3.8) is 0 Å². The molecule has 0 saturated carbocycles. The molecule has 0 bridgehead atoms. The van der Waals surface area contributed by atoms with Crippen molar-refractivity contribution in [3.05, 3.63) is 34.6 Å². The number of ether oxygens (including phenoxy) is 1. The zero-order chi connectivity index (χ0) is 13.8. The van der Waals surface area contributed by atoms with Crippen molar-refractivity contribution in [2.75, 3.05) is 26.7 Å². The predicted molar refractivity (Wildman–Crippen MR) is 74.8 cm³/mol. The van der Waals surface area contributed by atoms with Gasteiger partial charge in [0, 0.05) is 36.3 Å². The minimum absolute atomic E-state index is 0.178. The molecule has 2 unspecified atom stereocenters. The van der Waals surface area contributed by atoms with Crippen LogP contribution < -0.4 is 5.73 Å². The summed E-state index contributed by atoms with van der Waals surface area (Å²) in [6.07, 6.45) is 2.37. The van der Waals surface area contributed by atoms with Crippen LogP contribution >= 0.6 is 11.6 Å². The Morgan fingerprint density at radius 3 is 3.00 bits per heavy atom. The van der Waals surface area contributed by atoms with Crippen molar-refractivity contribution in [2.45, 2.75) is 25.0 Å². The summed E-state index contributed by atoms with van der Waals surface area (Å²) in [5, 5.41) is 0.528. The Kier molecular flexibility index (Phi) is 5.16. The highest BCUT2D eigenvalue weighted by Gasteiger charge is 2.24. The summed E-state index contributed by atoms with van der Waals surface area (Å²) in [5.41, 5.74) is 6.36. The highest BCUT2D eigenvalue weighted by molar-refractivity contribution is 6.30. The Hall–Kier alpha value is -0.680. The third-order valence-electron chi connectivity index (χ3n) is 3.59. The van der Waals surface area contributed by atoms with E-state index in [0.29, 0.717) is 17.1 Å². The molecule has 1 heterocycles. The Bertz CT molecular complexity index is 424. The second-order valence-corrected chi connectivity index (χ2v) is 5.43. The van der Waals surface area contributed by atoms with Gasteiger partial charge in [0.2, 0.25) is 0 Å². The first-order chi connectivity index (χ1) is 9.11. The second-order valence-electron chi connectivity index (χ2n) is 4.99. The van der Waals surface area contributed by atoms with Crippen molar-refractivity contribution in [1.82, 2.24) is 4.90 Å². The molecule has 0 aromatic heterocycles. The molecule has 3 nitrogen and oxygen atoms in total. The molecule has 0 aliphatic carbocycles. The van der Waals surface area contributed by atoms with Gasteiger partial charge in [0.25, 0.3) is 0 Å². The van der Waals surface area contributed by atoms with E-state index in [1.165, 1.54) is 6.07 Å². The van der Waals surface area contributed by atoms with Crippen molar-refractivity contribution in [2.24, 2.45) is 5.73 Å². The zero-order valence-corrected chi connectivity index (χ0v) is 11.9. The van der Waals surface area contributed by atoms with Crippen LogP contribution in [0.3, 0.4) is 0 Å². The van der Waals surface area contributed by atoms with Gasteiger partial charge < -0.3 is 10.5 Å². The number of hydrogen-bond donors (Lipinski definition) is 1. The SMILES string of the molecule is CN(CC1CCCO1)C(CN)c1cc(Cl)ccc1F. The third-order valence-corrected chi connectivity index (χ3v) is 3.82. The molecule has 5 heteroatoms. The van der Waals surface area contributed by atoms with Crippen LogP contribution in [0.2, 0.25) is 5.02 Å². The molecule has 1 aliphatic heterocycles. The van der Waals surface area contributed by atoms with Gasteiger partial charge in [-0.15, -0.1) is 0 Å². The third kappa shape index (κ3) is 3.66. The molecule has 1 aliphatic rings. The van der Waals surface area contributed by atoms with Gasteiger partial charge in [0.15, 0.2) is 0 Å². The van der Waals surface area contributed by atoms with Crippen LogP contribution in [-0.2, 0) is 4.74 Å². The van der Waals surface area contributed by atoms with Crippen LogP contribution in [0.5, 0.6) is 0 Å². The molecule has 0 amide bonds. The van der Waals surface area contributed by atoms with Gasteiger partial charge >= 0.3 is 0 Å².